The zero-order valence-electron chi connectivity index (χ0n) is 16.8. The van der Waals surface area contributed by atoms with Crippen LogP contribution in [-0.2, 0) is 9.47 Å². The standard InChI is InChI=1S/C22H38O2/c1-18(2)10-7-11-19(3)12-8-13-20(4)14-9-15-22(6)23-16-21(5)17-24-22/h10,12,14,21H,7-9,11,13,15-17H2,1-6H3/b19-12+,20-14+. The molecule has 0 aromatic rings. The molecule has 0 aromatic carbocycles. The number of hydrogen-bond donors (Lipinski definition) is 0. The predicted molar refractivity (Wildman–Crippen MR) is 104 cm³/mol. The quantitative estimate of drug-likeness (QED) is 0.443. The Kier molecular flexibility index (Phi) is 9.61. The second-order valence-corrected chi connectivity index (χ2v) is 7.86. The molecule has 1 aliphatic rings. The lowest BCUT2D eigenvalue weighted by atomic mass is 10.0. The van der Waals surface area contributed by atoms with Gasteiger partial charge in [-0.05, 0) is 66.7 Å². The summed E-state index contributed by atoms with van der Waals surface area (Å²) in [7, 11) is 0. The van der Waals surface area contributed by atoms with Gasteiger partial charge in [0, 0.05) is 12.3 Å². The van der Waals surface area contributed by atoms with E-state index in [1.54, 1.807) is 0 Å². The van der Waals surface area contributed by atoms with Crippen molar-refractivity contribution >= 4 is 0 Å². The van der Waals surface area contributed by atoms with Gasteiger partial charge < -0.3 is 9.47 Å². The maximum atomic E-state index is 5.86. The summed E-state index contributed by atoms with van der Waals surface area (Å²) in [6.45, 7) is 14.7. The molecule has 1 rings (SSSR count). The Balaban J connectivity index is 2.23. The van der Waals surface area contributed by atoms with E-state index >= 15 is 0 Å². The molecule has 138 valence electrons. The number of hydrogen-bond acceptors (Lipinski definition) is 2. The van der Waals surface area contributed by atoms with Crippen LogP contribution in [0.2, 0.25) is 0 Å². The molecule has 1 aliphatic heterocycles. The maximum absolute atomic E-state index is 5.86. The van der Waals surface area contributed by atoms with E-state index in [9.17, 15) is 0 Å². The molecule has 0 bridgehead atoms. The topological polar surface area (TPSA) is 18.5 Å². The van der Waals surface area contributed by atoms with Crippen molar-refractivity contribution in [1.29, 1.82) is 0 Å². The zero-order chi connectivity index (χ0) is 18.0. The van der Waals surface area contributed by atoms with Gasteiger partial charge in [-0.1, -0.05) is 41.9 Å². The zero-order valence-corrected chi connectivity index (χ0v) is 16.8. The predicted octanol–water partition coefficient (Wildman–Crippen LogP) is 6.58. The average molecular weight is 335 g/mol. The van der Waals surface area contributed by atoms with Crippen LogP contribution in [-0.4, -0.2) is 19.0 Å². The van der Waals surface area contributed by atoms with Crippen molar-refractivity contribution in [2.45, 2.75) is 85.9 Å². The third-order valence-electron chi connectivity index (χ3n) is 4.56. The summed E-state index contributed by atoms with van der Waals surface area (Å²) in [5, 5.41) is 0. The smallest absolute Gasteiger partial charge is 0.165 e. The van der Waals surface area contributed by atoms with Crippen LogP contribution in [0.15, 0.2) is 34.9 Å². The minimum Gasteiger partial charge on any atom is -0.350 e. The largest absolute Gasteiger partial charge is 0.350 e. The Morgan fingerprint density at radius 2 is 1.38 bits per heavy atom. The van der Waals surface area contributed by atoms with E-state index in [4.69, 9.17) is 9.47 Å². The highest BCUT2D eigenvalue weighted by Gasteiger charge is 2.30. The minimum absolute atomic E-state index is 0.384. The van der Waals surface area contributed by atoms with Crippen molar-refractivity contribution in [3.8, 4) is 0 Å². The van der Waals surface area contributed by atoms with Crippen LogP contribution >= 0.6 is 0 Å². The molecule has 2 heteroatoms. The monoisotopic (exact) mass is 334 g/mol. The fourth-order valence-electron chi connectivity index (χ4n) is 2.79. The Morgan fingerprint density at radius 1 is 0.875 bits per heavy atom. The Morgan fingerprint density at radius 3 is 1.92 bits per heavy atom. The molecule has 0 amide bonds. The molecular formula is C22H38O2. The van der Waals surface area contributed by atoms with Gasteiger partial charge in [0.15, 0.2) is 5.79 Å². The van der Waals surface area contributed by atoms with Crippen LogP contribution in [0.3, 0.4) is 0 Å². The highest BCUT2D eigenvalue weighted by molar-refractivity contribution is 5.05. The van der Waals surface area contributed by atoms with Crippen LogP contribution in [0.5, 0.6) is 0 Å². The van der Waals surface area contributed by atoms with E-state index in [1.807, 2.05) is 0 Å². The summed E-state index contributed by atoms with van der Waals surface area (Å²) in [5.41, 5.74) is 4.39. The normalized spacial score (nSPS) is 25.7. The van der Waals surface area contributed by atoms with Gasteiger partial charge in [-0.2, -0.15) is 0 Å². The molecule has 1 heterocycles. The lowest BCUT2D eigenvalue weighted by molar-refractivity contribution is -0.273. The van der Waals surface area contributed by atoms with Gasteiger partial charge >= 0.3 is 0 Å². The van der Waals surface area contributed by atoms with Crippen LogP contribution in [0.4, 0.5) is 0 Å². The van der Waals surface area contributed by atoms with E-state index in [2.05, 4.69) is 59.8 Å². The first kappa shape index (κ1) is 21.2. The molecule has 0 spiro atoms. The molecule has 0 aliphatic carbocycles. The van der Waals surface area contributed by atoms with Gasteiger partial charge in [-0.15, -0.1) is 0 Å². The summed E-state index contributed by atoms with van der Waals surface area (Å²) in [4.78, 5) is 0. The summed E-state index contributed by atoms with van der Waals surface area (Å²) >= 11 is 0. The van der Waals surface area contributed by atoms with Gasteiger partial charge in [0.25, 0.3) is 0 Å². The maximum Gasteiger partial charge on any atom is 0.165 e. The molecule has 2 nitrogen and oxygen atoms in total. The van der Waals surface area contributed by atoms with Crippen molar-refractivity contribution in [2.24, 2.45) is 5.92 Å². The second kappa shape index (κ2) is 10.9. The summed E-state index contributed by atoms with van der Waals surface area (Å²) < 4.78 is 11.7. The van der Waals surface area contributed by atoms with E-state index in [1.165, 1.54) is 23.1 Å². The van der Waals surface area contributed by atoms with Crippen LogP contribution in [0.25, 0.3) is 0 Å². The number of allylic oxidation sites excluding steroid dienone is 6. The first-order valence-corrected chi connectivity index (χ1v) is 9.53. The number of rotatable bonds is 9. The van der Waals surface area contributed by atoms with Gasteiger partial charge in [0.1, 0.15) is 0 Å². The fourth-order valence-corrected chi connectivity index (χ4v) is 2.79. The third-order valence-corrected chi connectivity index (χ3v) is 4.56. The minimum atomic E-state index is -0.384. The second-order valence-electron chi connectivity index (χ2n) is 7.86. The Labute approximate surface area is 150 Å². The molecule has 0 N–H and O–H groups in total. The van der Waals surface area contributed by atoms with Gasteiger partial charge in [0.05, 0.1) is 13.2 Å². The van der Waals surface area contributed by atoms with Crippen molar-refractivity contribution < 1.29 is 9.47 Å². The van der Waals surface area contributed by atoms with Crippen LogP contribution in [0.1, 0.15) is 80.1 Å². The molecule has 0 atom stereocenters. The van der Waals surface area contributed by atoms with Crippen molar-refractivity contribution in [2.75, 3.05) is 13.2 Å². The summed E-state index contributed by atoms with van der Waals surface area (Å²) in [6, 6.07) is 0. The Bertz CT molecular complexity index is 445. The third kappa shape index (κ3) is 9.44. The lowest BCUT2D eigenvalue weighted by Gasteiger charge is -2.36. The summed E-state index contributed by atoms with van der Waals surface area (Å²) in [6.07, 6.45) is 13.7. The van der Waals surface area contributed by atoms with E-state index in [0.29, 0.717) is 5.92 Å². The fraction of sp³-hybridized carbons (Fsp3) is 0.727. The van der Waals surface area contributed by atoms with Gasteiger partial charge in [-0.25, -0.2) is 0 Å². The lowest BCUT2D eigenvalue weighted by Crippen LogP contribution is -2.40. The average Bonchev–Trinajstić information content (AvgIpc) is 2.50. The molecule has 0 radical (unpaired) electrons. The highest BCUT2D eigenvalue weighted by Crippen LogP contribution is 2.26. The van der Waals surface area contributed by atoms with Crippen LogP contribution < -0.4 is 0 Å². The van der Waals surface area contributed by atoms with Crippen molar-refractivity contribution in [3.63, 3.8) is 0 Å². The van der Waals surface area contributed by atoms with Gasteiger partial charge in [0.2, 0.25) is 0 Å². The molecule has 0 unspecified atom stereocenters. The first-order valence-electron chi connectivity index (χ1n) is 9.53. The molecule has 1 fully saturated rings. The van der Waals surface area contributed by atoms with Crippen molar-refractivity contribution in [3.05, 3.63) is 34.9 Å². The van der Waals surface area contributed by atoms with E-state index in [-0.39, 0.29) is 5.79 Å². The molecule has 0 saturated carbocycles. The van der Waals surface area contributed by atoms with Gasteiger partial charge in [-0.3, -0.25) is 0 Å². The van der Waals surface area contributed by atoms with Crippen LogP contribution in [0, 0.1) is 5.92 Å². The molecule has 1 saturated heterocycles. The SMILES string of the molecule is CC(C)=CCC/C(C)=C/CC/C(C)=C/CCC1(C)OCC(C)CO1. The van der Waals surface area contributed by atoms with E-state index < -0.39 is 0 Å². The van der Waals surface area contributed by atoms with E-state index in [0.717, 1.165) is 45.3 Å². The van der Waals surface area contributed by atoms with Crippen molar-refractivity contribution in [1.82, 2.24) is 0 Å². The molecule has 24 heavy (non-hydrogen) atoms. The molecule has 0 aromatic heterocycles. The number of ether oxygens (including phenoxy) is 2. The molecular weight excluding hydrogens is 296 g/mol. The summed E-state index contributed by atoms with van der Waals surface area (Å²) in [5.74, 6) is 0.132. The Hall–Kier alpha value is -0.860. The first-order chi connectivity index (χ1) is 11.3. The highest BCUT2D eigenvalue weighted by atomic mass is 16.7.